The number of ether oxygens (including phenoxy) is 7. The van der Waals surface area contributed by atoms with E-state index in [0.29, 0.717) is 68.5 Å². The molecule has 6 rings (SSSR count). The van der Waals surface area contributed by atoms with Crippen LogP contribution in [0.3, 0.4) is 0 Å². The maximum absolute atomic E-state index is 12.8. The minimum Gasteiger partial charge on any atom is -0.481 e. The van der Waals surface area contributed by atoms with Gasteiger partial charge in [0.15, 0.2) is 17.6 Å². The van der Waals surface area contributed by atoms with E-state index < -0.39 is 136 Å². The largest absolute Gasteiger partial charge is 0.481 e. The van der Waals surface area contributed by atoms with Crippen LogP contribution >= 0.6 is 0 Å². The molecule has 1 N–H and O–H groups in total. The molecule has 1 saturated heterocycles. The Morgan fingerprint density at radius 2 is 0.650 bits per heavy atom. The number of hydrogen-bond donors (Lipinski definition) is 1. The summed E-state index contributed by atoms with van der Waals surface area (Å²) in [6.45, 7) is 77.3. The SMILES string of the molecule is CCC(C)(C)C(=O)O.CCC(C)(C)C(=O)OC(C)C(F)(F)F.CCC(C)(C)C(=O)OC(C)C(F)(F)F.CCC(C)(C)C(=O)OC1C2CC3C1OC(=O)C3(C(=O)OC(C(F)(F)F)C(F)(F)F)C2.CCC(C)c1ccc(C(C)(C)C)cc1.CCC(C)c1ccc(C(C)(C)C)cc1.CCC(C)c1ccc(C(C)(C)C)cc1.CCCCC(CC)COC(=O)C(C)(C)CC.CCCCC(CC)COC(=O)C(C)(C)CC. The number of rotatable bonds is 35. The number of alkyl halides is 12. The first kappa shape index (κ1) is 137. The lowest BCUT2D eigenvalue weighted by Gasteiger charge is -2.33. The second kappa shape index (κ2) is 59.3. The fourth-order valence-corrected chi connectivity index (χ4v) is 13.1. The van der Waals surface area contributed by atoms with Crippen LogP contribution in [0.25, 0.3) is 0 Å². The molecular formula is C112H184F12O16. The van der Waals surface area contributed by atoms with Crippen LogP contribution in [0.4, 0.5) is 52.7 Å². The van der Waals surface area contributed by atoms with Crippen molar-refractivity contribution < 1.29 is 129 Å². The first-order valence-electron chi connectivity index (χ1n) is 50.8. The molecule has 3 aromatic rings. The molecule has 3 aliphatic rings. The molecule has 12 atom stereocenters. The highest BCUT2D eigenvalue weighted by atomic mass is 19.4. The highest BCUT2D eigenvalue weighted by molar-refractivity contribution is 6.03. The predicted octanol–water partition coefficient (Wildman–Crippen LogP) is 32.5. The van der Waals surface area contributed by atoms with E-state index in [0.717, 1.165) is 39.5 Å². The molecule has 28 heteroatoms. The third-order valence-electron chi connectivity index (χ3n) is 28.0. The Morgan fingerprint density at radius 1 is 0.379 bits per heavy atom. The molecule has 2 bridgehead atoms. The Bertz CT molecular complexity index is 3850. The van der Waals surface area contributed by atoms with Crippen LogP contribution in [0.15, 0.2) is 72.8 Å². The molecule has 140 heavy (non-hydrogen) atoms. The number of carboxylic acid groups (broad SMARTS) is 1. The highest BCUT2D eigenvalue weighted by Gasteiger charge is 2.77. The number of esters is 7. The molecule has 1 heterocycles. The molecular weight excluding hydrogens is 1830 g/mol. The predicted molar refractivity (Wildman–Crippen MR) is 536 cm³/mol. The van der Waals surface area contributed by atoms with Gasteiger partial charge in [-0.2, -0.15) is 52.7 Å². The summed E-state index contributed by atoms with van der Waals surface area (Å²) in [4.78, 5) is 93.4. The van der Waals surface area contributed by atoms with E-state index in [4.69, 9.17) is 24.1 Å². The summed E-state index contributed by atoms with van der Waals surface area (Å²) >= 11 is 0. The number of fused-ring (bicyclic) bond motifs is 1. The van der Waals surface area contributed by atoms with Crippen molar-refractivity contribution in [2.24, 2.45) is 61.6 Å². The second-order valence-corrected chi connectivity index (χ2v) is 44.9. The number of carbonyl (C=O) groups is 8. The number of hydrogen-bond acceptors (Lipinski definition) is 15. The minimum atomic E-state index is -5.89. The molecule has 3 aromatic carbocycles. The number of carboxylic acids is 1. The van der Waals surface area contributed by atoms with Crippen LogP contribution in [0.5, 0.6) is 0 Å². The van der Waals surface area contributed by atoms with Gasteiger partial charge in [0.1, 0.15) is 12.2 Å². The summed E-state index contributed by atoms with van der Waals surface area (Å²) in [5.41, 5.74) is 3.43. The Hall–Kier alpha value is -7.42. The third kappa shape index (κ3) is 46.3. The van der Waals surface area contributed by atoms with Crippen molar-refractivity contribution in [1.29, 1.82) is 0 Å². The smallest absolute Gasteiger partial charge is 0.434 e. The van der Waals surface area contributed by atoms with E-state index in [2.05, 4.69) is 219 Å². The average molecular weight is 2010 g/mol. The Labute approximate surface area is 835 Å². The summed E-state index contributed by atoms with van der Waals surface area (Å²) in [7, 11) is 0. The number of halogens is 12. The summed E-state index contributed by atoms with van der Waals surface area (Å²) in [6.07, 6.45) is -14.8. The van der Waals surface area contributed by atoms with Gasteiger partial charge in [-0.15, -0.1) is 0 Å². The van der Waals surface area contributed by atoms with Crippen molar-refractivity contribution in [2.75, 3.05) is 13.2 Å². The van der Waals surface area contributed by atoms with Gasteiger partial charge in [-0.05, 0) is 260 Å². The summed E-state index contributed by atoms with van der Waals surface area (Å²) in [5, 5.41) is 8.44. The van der Waals surface area contributed by atoms with E-state index in [1.807, 2.05) is 48.5 Å². The maximum atomic E-state index is 12.8. The Kier molecular flexibility index (Phi) is 57.9. The van der Waals surface area contributed by atoms with Crippen molar-refractivity contribution in [2.45, 2.75) is 481 Å². The van der Waals surface area contributed by atoms with Gasteiger partial charge in [-0.1, -0.05) is 284 Å². The molecule has 2 aliphatic carbocycles. The van der Waals surface area contributed by atoms with Gasteiger partial charge < -0.3 is 38.3 Å². The number of aliphatic carboxylic acids is 1. The summed E-state index contributed by atoms with van der Waals surface area (Å²) in [6, 6.07) is 27.2. The number of carbonyl (C=O) groups excluding carboxylic acids is 7. The highest BCUT2D eigenvalue weighted by Crippen LogP contribution is 2.64. The normalized spacial score (nSPS) is 18.1. The van der Waals surface area contributed by atoms with E-state index in [1.165, 1.54) is 91.2 Å². The molecule has 812 valence electrons. The molecule has 2 saturated carbocycles. The van der Waals surface area contributed by atoms with E-state index in [-0.39, 0.29) is 45.4 Å². The number of benzene rings is 3. The lowest BCUT2D eigenvalue weighted by Crippen LogP contribution is -2.51. The average Bonchev–Trinajstić information content (AvgIpc) is 1.52. The van der Waals surface area contributed by atoms with Crippen LogP contribution in [0.1, 0.15) is 443 Å². The summed E-state index contributed by atoms with van der Waals surface area (Å²) in [5.74, 6) is -4.71. The molecule has 0 aromatic heterocycles. The maximum Gasteiger partial charge on any atom is 0.434 e. The van der Waals surface area contributed by atoms with Gasteiger partial charge in [0.2, 0.25) is 0 Å². The molecule has 12 unspecified atom stereocenters. The van der Waals surface area contributed by atoms with Crippen LogP contribution < -0.4 is 0 Å². The van der Waals surface area contributed by atoms with Gasteiger partial charge in [-0.3, -0.25) is 38.4 Å². The van der Waals surface area contributed by atoms with Crippen molar-refractivity contribution in [3.8, 4) is 0 Å². The zero-order valence-corrected chi connectivity index (χ0v) is 92.8. The lowest BCUT2D eigenvalue weighted by atomic mass is 9.73. The van der Waals surface area contributed by atoms with E-state index in [1.54, 1.807) is 76.2 Å². The molecule has 16 nitrogen and oxygen atoms in total. The minimum absolute atomic E-state index is 0.0510. The Morgan fingerprint density at radius 3 is 0.871 bits per heavy atom. The van der Waals surface area contributed by atoms with Gasteiger partial charge in [0, 0.05) is 11.8 Å². The standard InChI is InChI=1S/C18H20F6O6.2C14H28O2.3C14H22.2C9H15F3O2.C6H12O2/c1-4-15(2,3)12(25)28-9-7-5-8-10(9)29-13(26)16(8,6-7)14(27)30-11(17(19,20)21)18(22,23)24;2*1-6-9-10-12(7-2)11-16-13(15)14(4,5)8-3;3*1-6-11(2)12-7-9-13(10-8-12)14(3,4)5;2*1-5-8(3,4)7(13)14-6(2)9(10,11)12;1-4-6(2,3)5(7)8/h7-11H,4-6H2,1-3H3;2*12H,6-11H2,1-5H3;3*7-11H,6H2,1-5H3;2*6H,5H2,1-4H3;4H2,1-3H3,(H,7,8). The van der Waals surface area contributed by atoms with E-state index in [9.17, 15) is 91.0 Å². The van der Waals surface area contributed by atoms with Crippen LogP contribution in [0.2, 0.25) is 0 Å². The zero-order valence-electron chi connectivity index (χ0n) is 92.8. The van der Waals surface area contributed by atoms with Crippen LogP contribution in [-0.2, 0) is 87.8 Å². The van der Waals surface area contributed by atoms with Gasteiger partial charge in [0.05, 0.1) is 45.7 Å². The van der Waals surface area contributed by atoms with Gasteiger partial charge in [0.25, 0.3) is 6.10 Å². The fourth-order valence-electron chi connectivity index (χ4n) is 13.1. The van der Waals surface area contributed by atoms with Crippen molar-refractivity contribution in [3.63, 3.8) is 0 Å². The topological polar surface area (TPSA) is 221 Å². The van der Waals surface area contributed by atoms with Crippen molar-refractivity contribution in [1.82, 2.24) is 0 Å². The van der Waals surface area contributed by atoms with Gasteiger partial charge in [-0.25, -0.2) is 0 Å². The lowest BCUT2D eigenvalue weighted by molar-refractivity contribution is -0.315. The molecule has 3 fully saturated rings. The third-order valence-corrected chi connectivity index (χ3v) is 28.0. The fraction of sp³-hybridized carbons (Fsp3) is 0.768. The van der Waals surface area contributed by atoms with Gasteiger partial charge >= 0.3 is 72.5 Å². The quantitative estimate of drug-likeness (QED) is 0.0250. The second-order valence-electron chi connectivity index (χ2n) is 44.9. The zero-order chi connectivity index (χ0) is 110. The monoisotopic (exact) mass is 2010 g/mol. The summed E-state index contributed by atoms with van der Waals surface area (Å²) < 4.78 is 183. The van der Waals surface area contributed by atoms with Crippen LogP contribution in [-0.4, -0.2) is 121 Å². The molecule has 0 amide bonds. The first-order valence-corrected chi connectivity index (χ1v) is 50.8. The Balaban J connectivity index is -0.00000154. The molecule has 0 radical (unpaired) electrons. The van der Waals surface area contributed by atoms with E-state index >= 15 is 0 Å². The van der Waals surface area contributed by atoms with Crippen LogP contribution in [0, 0.1) is 61.6 Å². The van der Waals surface area contributed by atoms with Crippen molar-refractivity contribution >= 4 is 47.8 Å². The number of unbranched alkanes of at least 4 members (excludes halogenated alkanes) is 2. The first-order chi connectivity index (χ1) is 63.6. The van der Waals surface area contributed by atoms with Crippen molar-refractivity contribution in [3.05, 3.63) is 106 Å². The molecule has 1 aliphatic heterocycles. The molecule has 0 spiro atoms.